The predicted octanol–water partition coefficient (Wildman–Crippen LogP) is 5.17. The third-order valence-electron chi connectivity index (χ3n) is 4.77. The van der Waals surface area contributed by atoms with Crippen molar-refractivity contribution in [2.75, 3.05) is 5.32 Å². The first kappa shape index (κ1) is 19.5. The zero-order chi connectivity index (χ0) is 20.5. The van der Waals surface area contributed by atoms with Crippen LogP contribution in [0, 0.1) is 6.92 Å². The monoisotopic (exact) mass is 427 g/mol. The van der Waals surface area contributed by atoms with E-state index < -0.39 is 0 Å². The summed E-state index contributed by atoms with van der Waals surface area (Å²) in [7, 11) is 0. The molecular weight excluding hydrogens is 409 g/mol. The highest BCUT2D eigenvalue weighted by atomic mass is 35.5. The van der Waals surface area contributed by atoms with Gasteiger partial charge < -0.3 is 4.57 Å². The van der Waals surface area contributed by atoms with Gasteiger partial charge in [-0.3, -0.25) is 10.1 Å². The summed E-state index contributed by atoms with van der Waals surface area (Å²) in [6.07, 6.45) is 0. The van der Waals surface area contributed by atoms with Crippen LogP contribution >= 0.6 is 23.2 Å². The number of benzene rings is 2. The number of anilines is 1. The van der Waals surface area contributed by atoms with Crippen LogP contribution < -0.4 is 5.32 Å². The summed E-state index contributed by atoms with van der Waals surface area (Å²) < 4.78 is 3.53. The summed E-state index contributed by atoms with van der Waals surface area (Å²) in [6.45, 7) is 4.81. The second-order valence-electron chi connectivity index (χ2n) is 6.62. The average Bonchev–Trinajstić information content (AvgIpc) is 3.19. The van der Waals surface area contributed by atoms with Gasteiger partial charge in [0.25, 0.3) is 5.91 Å². The zero-order valence-electron chi connectivity index (χ0n) is 16.0. The predicted molar refractivity (Wildman–Crippen MR) is 116 cm³/mol. The van der Waals surface area contributed by atoms with Gasteiger partial charge in [0, 0.05) is 11.6 Å². The minimum absolute atomic E-state index is 0.263. The zero-order valence-corrected chi connectivity index (χ0v) is 17.5. The molecule has 1 amide bonds. The number of para-hydroxylation sites is 2. The molecule has 0 atom stereocenters. The fourth-order valence-corrected chi connectivity index (χ4v) is 3.87. The minimum atomic E-state index is -0.345. The Labute approximate surface area is 178 Å². The number of amides is 1. The summed E-state index contributed by atoms with van der Waals surface area (Å²) in [5, 5.41) is 8.21. The Hall–Kier alpha value is -2.83. The van der Waals surface area contributed by atoms with Crippen LogP contribution in [0.3, 0.4) is 0 Å². The fourth-order valence-electron chi connectivity index (χ4n) is 3.36. The standard InChI is InChI=1S/C21H19Cl2N5O/c1-3-27-17-11-7-6-10-16(17)24-21(27)25-20(29)18-13(2)26-28(19(18)23)12-14-8-4-5-9-15(14)22/h4-11H,3,12H2,1-2H3,(H,24,25,29). The number of nitrogens with one attached hydrogen (secondary N) is 1. The fraction of sp³-hybridized carbons (Fsp3) is 0.190. The lowest BCUT2D eigenvalue weighted by Crippen LogP contribution is -2.16. The number of aryl methyl sites for hydroxylation is 2. The summed E-state index contributed by atoms with van der Waals surface area (Å²) in [4.78, 5) is 17.5. The molecule has 0 fully saturated rings. The van der Waals surface area contributed by atoms with Gasteiger partial charge >= 0.3 is 0 Å². The van der Waals surface area contributed by atoms with Crippen LogP contribution in [0.15, 0.2) is 48.5 Å². The minimum Gasteiger partial charge on any atom is -0.310 e. The molecule has 0 aliphatic heterocycles. The van der Waals surface area contributed by atoms with Gasteiger partial charge in [0.15, 0.2) is 0 Å². The van der Waals surface area contributed by atoms with E-state index in [4.69, 9.17) is 23.2 Å². The normalized spacial score (nSPS) is 11.2. The number of nitrogens with zero attached hydrogens (tertiary/aromatic N) is 4. The Balaban J connectivity index is 1.65. The van der Waals surface area contributed by atoms with E-state index in [0.29, 0.717) is 35.3 Å². The van der Waals surface area contributed by atoms with E-state index in [2.05, 4.69) is 15.4 Å². The largest absolute Gasteiger partial charge is 0.310 e. The van der Waals surface area contributed by atoms with Crippen molar-refractivity contribution in [3.63, 3.8) is 0 Å². The van der Waals surface area contributed by atoms with Crippen LogP contribution in [-0.4, -0.2) is 25.2 Å². The highest BCUT2D eigenvalue weighted by molar-refractivity contribution is 6.33. The number of hydrogen-bond acceptors (Lipinski definition) is 3. The van der Waals surface area contributed by atoms with E-state index in [0.717, 1.165) is 16.6 Å². The van der Waals surface area contributed by atoms with E-state index in [1.165, 1.54) is 0 Å². The molecule has 0 aliphatic rings. The average molecular weight is 428 g/mol. The number of aromatic nitrogens is 4. The molecule has 4 rings (SSSR count). The smallest absolute Gasteiger partial charge is 0.263 e. The van der Waals surface area contributed by atoms with Crippen LogP contribution in [0.2, 0.25) is 10.2 Å². The number of hydrogen-bond donors (Lipinski definition) is 1. The molecule has 0 unspecified atom stereocenters. The van der Waals surface area contributed by atoms with Crippen LogP contribution in [0.4, 0.5) is 5.95 Å². The second kappa shape index (κ2) is 7.89. The number of rotatable bonds is 5. The maximum absolute atomic E-state index is 13.0. The van der Waals surface area contributed by atoms with Gasteiger partial charge in [-0.15, -0.1) is 0 Å². The first-order chi connectivity index (χ1) is 14.0. The number of imidazole rings is 1. The lowest BCUT2D eigenvalue weighted by atomic mass is 10.2. The van der Waals surface area contributed by atoms with Crippen molar-refractivity contribution in [3.05, 3.63) is 75.5 Å². The molecule has 6 nitrogen and oxygen atoms in total. The molecular formula is C21H19Cl2N5O. The topological polar surface area (TPSA) is 64.7 Å². The second-order valence-corrected chi connectivity index (χ2v) is 7.39. The summed E-state index contributed by atoms with van der Waals surface area (Å²) >= 11 is 12.8. The molecule has 0 bridgehead atoms. The maximum Gasteiger partial charge on any atom is 0.263 e. The SMILES string of the molecule is CCn1c(NC(=O)c2c(C)nn(Cc3ccccc3Cl)c2Cl)nc2ccccc21. The molecule has 0 saturated carbocycles. The first-order valence-electron chi connectivity index (χ1n) is 9.22. The van der Waals surface area contributed by atoms with Crippen LogP contribution in [-0.2, 0) is 13.1 Å². The van der Waals surface area contributed by atoms with Gasteiger partial charge in [-0.1, -0.05) is 53.5 Å². The van der Waals surface area contributed by atoms with E-state index in [-0.39, 0.29) is 11.1 Å². The van der Waals surface area contributed by atoms with Crippen molar-refractivity contribution < 1.29 is 4.79 Å². The Morgan fingerprint density at radius 3 is 2.59 bits per heavy atom. The van der Waals surface area contributed by atoms with E-state index in [9.17, 15) is 4.79 Å². The molecule has 2 aromatic carbocycles. The Morgan fingerprint density at radius 2 is 1.83 bits per heavy atom. The van der Waals surface area contributed by atoms with Gasteiger partial charge in [-0.25, -0.2) is 9.67 Å². The van der Waals surface area contributed by atoms with E-state index >= 15 is 0 Å². The maximum atomic E-state index is 13.0. The van der Waals surface area contributed by atoms with E-state index in [1.54, 1.807) is 11.6 Å². The Kier molecular flexibility index (Phi) is 5.30. The molecule has 1 N–H and O–H groups in total. The van der Waals surface area contributed by atoms with Gasteiger partial charge in [0.1, 0.15) is 5.15 Å². The van der Waals surface area contributed by atoms with Crippen LogP contribution in [0.5, 0.6) is 0 Å². The van der Waals surface area contributed by atoms with Gasteiger partial charge in [0.05, 0.1) is 28.8 Å². The molecule has 0 aliphatic carbocycles. The molecule has 0 radical (unpaired) electrons. The number of halogens is 2. The van der Waals surface area contributed by atoms with Gasteiger partial charge in [0.2, 0.25) is 5.95 Å². The molecule has 29 heavy (non-hydrogen) atoms. The number of fused-ring (bicyclic) bond motifs is 1. The Morgan fingerprint density at radius 1 is 1.10 bits per heavy atom. The van der Waals surface area contributed by atoms with Crippen molar-refractivity contribution >= 4 is 46.1 Å². The van der Waals surface area contributed by atoms with Crippen molar-refractivity contribution in [2.24, 2.45) is 0 Å². The molecule has 2 aromatic heterocycles. The third-order valence-corrected chi connectivity index (χ3v) is 5.52. The van der Waals surface area contributed by atoms with Crippen molar-refractivity contribution in [3.8, 4) is 0 Å². The molecule has 8 heteroatoms. The highest BCUT2D eigenvalue weighted by Crippen LogP contribution is 2.25. The molecule has 2 heterocycles. The van der Waals surface area contributed by atoms with Crippen molar-refractivity contribution in [1.29, 1.82) is 0 Å². The number of carbonyl (C=O) groups is 1. The van der Waals surface area contributed by atoms with Gasteiger partial charge in [-0.05, 0) is 37.6 Å². The molecule has 4 aromatic rings. The molecule has 0 saturated heterocycles. The van der Waals surface area contributed by atoms with Crippen LogP contribution in [0.1, 0.15) is 28.5 Å². The van der Waals surface area contributed by atoms with Crippen molar-refractivity contribution in [1.82, 2.24) is 19.3 Å². The Bertz CT molecular complexity index is 1210. The molecule has 0 spiro atoms. The summed E-state index contributed by atoms with van der Waals surface area (Å²) in [6, 6.07) is 15.2. The third kappa shape index (κ3) is 3.61. The number of carbonyl (C=O) groups excluding carboxylic acids is 1. The van der Waals surface area contributed by atoms with E-state index in [1.807, 2.05) is 60.0 Å². The molecule has 148 valence electrons. The summed E-state index contributed by atoms with van der Waals surface area (Å²) in [5.74, 6) is 0.135. The van der Waals surface area contributed by atoms with Crippen LogP contribution in [0.25, 0.3) is 11.0 Å². The lowest BCUT2D eigenvalue weighted by Gasteiger charge is -2.08. The first-order valence-corrected chi connectivity index (χ1v) is 9.98. The quantitative estimate of drug-likeness (QED) is 0.477. The summed E-state index contributed by atoms with van der Waals surface area (Å²) in [5.41, 5.74) is 3.52. The van der Waals surface area contributed by atoms with Gasteiger partial charge in [-0.2, -0.15) is 5.10 Å². The van der Waals surface area contributed by atoms with Crippen molar-refractivity contribution in [2.45, 2.75) is 26.9 Å². The highest BCUT2D eigenvalue weighted by Gasteiger charge is 2.22. The lowest BCUT2D eigenvalue weighted by molar-refractivity contribution is 0.102.